The maximum absolute atomic E-state index is 12.8. The van der Waals surface area contributed by atoms with Gasteiger partial charge in [0.05, 0.1) is 5.56 Å². The van der Waals surface area contributed by atoms with E-state index in [2.05, 4.69) is 10.4 Å². The van der Waals surface area contributed by atoms with Crippen LogP contribution in [0.1, 0.15) is 15.9 Å². The summed E-state index contributed by atoms with van der Waals surface area (Å²) < 4.78 is 14.2. The zero-order valence-electron chi connectivity index (χ0n) is 9.88. The summed E-state index contributed by atoms with van der Waals surface area (Å²) in [6, 6.07) is 4.91. The molecule has 0 aliphatic carbocycles. The van der Waals surface area contributed by atoms with Gasteiger partial charge in [-0.15, -0.1) is 0 Å². The first kappa shape index (κ1) is 12.6. The number of hydrogen-bond donors (Lipinski definition) is 2. The summed E-state index contributed by atoms with van der Waals surface area (Å²) in [7, 11) is 1.60. The fourth-order valence-electron chi connectivity index (χ4n) is 1.53. The van der Waals surface area contributed by atoms with Crippen molar-refractivity contribution in [1.82, 2.24) is 9.78 Å². The number of phenolic OH excluding ortho intramolecular Hbond substituents is 1. The largest absolute Gasteiger partial charge is 0.507 e. The van der Waals surface area contributed by atoms with Gasteiger partial charge < -0.3 is 10.4 Å². The highest BCUT2D eigenvalue weighted by molar-refractivity contribution is 6.06. The molecule has 0 fully saturated rings. The molecule has 6 nitrogen and oxygen atoms in total. The van der Waals surface area contributed by atoms with Crippen molar-refractivity contribution in [1.29, 1.82) is 5.26 Å². The van der Waals surface area contributed by atoms with Crippen LogP contribution in [-0.4, -0.2) is 20.8 Å². The number of benzene rings is 1. The molecule has 2 rings (SSSR count). The van der Waals surface area contributed by atoms with Crippen LogP contribution in [-0.2, 0) is 7.05 Å². The van der Waals surface area contributed by atoms with Crippen LogP contribution in [0.25, 0.3) is 0 Å². The standard InChI is InChI=1S/C12H9FN4O2/c1-17-6-7(5-14)11(16-17)15-12(19)9-3-2-8(13)4-10(9)18/h2-4,6,18H,1H3,(H,15,16,19). The van der Waals surface area contributed by atoms with Crippen molar-refractivity contribution in [3.05, 3.63) is 41.3 Å². The third-order valence-electron chi connectivity index (χ3n) is 2.39. The molecule has 19 heavy (non-hydrogen) atoms. The fourth-order valence-corrected chi connectivity index (χ4v) is 1.53. The number of aromatic hydroxyl groups is 1. The van der Waals surface area contributed by atoms with Crippen LogP contribution in [0.15, 0.2) is 24.4 Å². The molecule has 0 radical (unpaired) electrons. The first-order valence-electron chi connectivity index (χ1n) is 5.25. The highest BCUT2D eigenvalue weighted by Crippen LogP contribution is 2.20. The number of amides is 1. The molecule has 1 amide bonds. The minimum Gasteiger partial charge on any atom is -0.507 e. The summed E-state index contributed by atoms with van der Waals surface area (Å²) in [5.41, 5.74) is 0.0911. The van der Waals surface area contributed by atoms with Gasteiger partial charge in [-0.1, -0.05) is 0 Å². The Morgan fingerprint density at radius 2 is 2.32 bits per heavy atom. The molecule has 96 valence electrons. The molecule has 0 atom stereocenters. The van der Waals surface area contributed by atoms with Crippen LogP contribution in [0.5, 0.6) is 5.75 Å². The van der Waals surface area contributed by atoms with Gasteiger partial charge in [0.1, 0.15) is 23.2 Å². The third kappa shape index (κ3) is 2.52. The van der Waals surface area contributed by atoms with Crippen molar-refractivity contribution in [3.63, 3.8) is 0 Å². The predicted molar refractivity (Wildman–Crippen MR) is 63.9 cm³/mol. The summed E-state index contributed by atoms with van der Waals surface area (Å²) in [5.74, 6) is -1.72. The molecule has 0 unspecified atom stereocenters. The predicted octanol–water partition coefficient (Wildman–Crippen LogP) is 1.39. The Bertz CT molecular complexity index is 688. The lowest BCUT2D eigenvalue weighted by Crippen LogP contribution is -2.13. The van der Waals surface area contributed by atoms with E-state index in [9.17, 15) is 14.3 Å². The summed E-state index contributed by atoms with van der Waals surface area (Å²) in [5, 5.41) is 24.6. The number of hydrogen-bond acceptors (Lipinski definition) is 4. The van der Waals surface area contributed by atoms with Gasteiger partial charge in [0.15, 0.2) is 5.82 Å². The summed E-state index contributed by atoms with van der Waals surface area (Å²) in [6.07, 6.45) is 1.44. The second-order valence-corrected chi connectivity index (χ2v) is 3.79. The van der Waals surface area contributed by atoms with E-state index in [-0.39, 0.29) is 16.9 Å². The van der Waals surface area contributed by atoms with E-state index < -0.39 is 17.5 Å². The van der Waals surface area contributed by atoms with E-state index in [4.69, 9.17) is 5.26 Å². The van der Waals surface area contributed by atoms with E-state index in [1.54, 1.807) is 7.05 Å². The Kier molecular flexibility index (Phi) is 3.16. The number of phenols is 1. The summed E-state index contributed by atoms with van der Waals surface area (Å²) in [4.78, 5) is 11.9. The maximum Gasteiger partial charge on any atom is 0.260 e. The number of nitrogens with one attached hydrogen (secondary N) is 1. The zero-order chi connectivity index (χ0) is 14.0. The van der Waals surface area contributed by atoms with Crippen LogP contribution in [0.4, 0.5) is 10.2 Å². The van der Waals surface area contributed by atoms with E-state index in [1.807, 2.05) is 6.07 Å². The molecule has 1 heterocycles. The van der Waals surface area contributed by atoms with Gasteiger partial charge in [0.2, 0.25) is 0 Å². The number of nitrogens with zero attached hydrogens (tertiary/aromatic N) is 3. The molecule has 0 saturated heterocycles. The molecule has 7 heteroatoms. The fraction of sp³-hybridized carbons (Fsp3) is 0.0833. The number of anilines is 1. The van der Waals surface area contributed by atoms with E-state index in [0.717, 1.165) is 18.2 Å². The number of carbonyl (C=O) groups excluding carboxylic acids is 1. The lowest BCUT2D eigenvalue weighted by molar-refractivity contribution is 0.102. The van der Waals surface area contributed by atoms with Crippen LogP contribution in [0.2, 0.25) is 0 Å². The molecule has 1 aromatic carbocycles. The molecule has 2 N–H and O–H groups in total. The van der Waals surface area contributed by atoms with Gasteiger partial charge in [-0.05, 0) is 12.1 Å². The number of aryl methyl sites for hydroxylation is 1. The molecule has 0 bridgehead atoms. The molecule has 0 aliphatic heterocycles. The lowest BCUT2D eigenvalue weighted by atomic mass is 10.2. The normalized spacial score (nSPS) is 9.95. The first-order chi connectivity index (χ1) is 9.01. The highest BCUT2D eigenvalue weighted by atomic mass is 19.1. The van der Waals surface area contributed by atoms with Crippen LogP contribution in [0.3, 0.4) is 0 Å². The van der Waals surface area contributed by atoms with Gasteiger partial charge >= 0.3 is 0 Å². The molecular weight excluding hydrogens is 251 g/mol. The van der Waals surface area contributed by atoms with Crippen LogP contribution in [0, 0.1) is 17.1 Å². The Labute approximate surface area is 107 Å². The number of carbonyl (C=O) groups is 1. The number of halogens is 1. The molecule has 2 aromatic rings. The van der Waals surface area contributed by atoms with Gasteiger partial charge in [-0.3, -0.25) is 9.48 Å². The Hall–Kier alpha value is -2.88. The smallest absolute Gasteiger partial charge is 0.260 e. The number of rotatable bonds is 2. The van der Waals surface area contributed by atoms with Gasteiger partial charge in [-0.25, -0.2) is 4.39 Å². The third-order valence-corrected chi connectivity index (χ3v) is 2.39. The molecule has 0 spiro atoms. The molecule has 0 saturated carbocycles. The van der Waals surface area contributed by atoms with Crippen LogP contribution >= 0.6 is 0 Å². The van der Waals surface area contributed by atoms with Crippen molar-refractivity contribution < 1.29 is 14.3 Å². The minimum atomic E-state index is -0.673. The van der Waals surface area contributed by atoms with Gasteiger partial charge in [0, 0.05) is 19.3 Å². The molecule has 0 aliphatic rings. The van der Waals surface area contributed by atoms with Gasteiger partial charge in [0.25, 0.3) is 5.91 Å². The maximum atomic E-state index is 12.8. The quantitative estimate of drug-likeness (QED) is 0.853. The van der Waals surface area contributed by atoms with Crippen molar-refractivity contribution in [2.75, 3.05) is 5.32 Å². The molecule has 1 aromatic heterocycles. The van der Waals surface area contributed by atoms with Gasteiger partial charge in [-0.2, -0.15) is 10.4 Å². The van der Waals surface area contributed by atoms with Crippen LogP contribution < -0.4 is 5.32 Å². The highest BCUT2D eigenvalue weighted by Gasteiger charge is 2.15. The van der Waals surface area contributed by atoms with Crippen molar-refractivity contribution in [2.24, 2.45) is 7.05 Å². The van der Waals surface area contributed by atoms with E-state index >= 15 is 0 Å². The van der Waals surface area contributed by atoms with Crippen molar-refractivity contribution >= 4 is 11.7 Å². The first-order valence-corrected chi connectivity index (χ1v) is 5.25. The van der Waals surface area contributed by atoms with E-state index in [0.29, 0.717) is 0 Å². The average Bonchev–Trinajstić information content (AvgIpc) is 2.69. The average molecular weight is 260 g/mol. The Balaban J connectivity index is 2.28. The topological polar surface area (TPSA) is 90.9 Å². The van der Waals surface area contributed by atoms with E-state index in [1.165, 1.54) is 10.9 Å². The lowest BCUT2D eigenvalue weighted by Gasteiger charge is -2.04. The number of nitriles is 1. The minimum absolute atomic E-state index is 0.0822. The summed E-state index contributed by atoms with van der Waals surface area (Å²) >= 11 is 0. The van der Waals surface area contributed by atoms with Crippen molar-refractivity contribution in [2.45, 2.75) is 0 Å². The number of aromatic nitrogens is 2. The summed E-state index contributed by atoms with van der Waals surface area (Å²) in [6.45, 7) is 0. The Morgan fingerprint density at radius 3 is 2.95 bits per heavy atom. The van der Waals surface area contributed by atoms with Crippen molar-refractivity contribution in [3.8, 4) is 11.8 Å². The SMILES string of the molecule is Cn1cc(C#N)c(NC(=O)c2ccc(F)cc2O)n1. The zero-order valence-corrected chi connectivity index (χ0v) is 9.88. The second-order valence-electron chi connectivity index (χ2n) is 3.79. The molecular formula is C12H9FN4O2. The monoisotopic (exact) mass is 260 g/mol. The Morgan fingerprint density at radius 1 is 1.58 bits per heavy atom. The second kappa shape index (κ2) is 4.78.